The van der Waals surface area contributed by atoms with E-state index in [1.165, 1.54) is 4.31 Å². The molecule has 0 atom stereocenters. The third-order valence-corrected chi connectivity index (χ3v) is 6.82. The van der Waals surface area contributed by atoms with E-state index in [0.29, 0.717) is 22.9 Å². The molecule has 0 fully saturated rings. The molecule has 0 saturated carbocycles. The minimum atomic E-state index is -3.71. The summed E-state index contributed by atoms with van der Waals surface area (Å²) >= 11 is 0. The van der Waals surface area contributed by atoms with E-state index in [9.17, 15) is 8.42 Å². The van der Waals surface area contributed by atoms with Gasteiger partial charge in [0.25, 0.3) is 0 Å². The number of benzene rings is 1. The molecule has 1 aromatic heterocycles. The molecule has 0 saturated heterocycles. The van der Waals surface area contributed by atoms with Crippen LogP contribution in [0.15, 0.2) is 17.0 Å². The van der Waals surface area contributed by atoms with Crippen LogP contribution in [0.4, 0.5) is 0 Å². The van der Waals surface area contributed by atoms with Gasteiger partial charge in [0.2, 0.25) is 10.0 Å². The molecule has 0 aliphatic rings. The molecule has 8 heteroatoms. The summed E-state index contributed by atoms with van der Waals surface area (Å²) in [5, 5.41) is 4.48. The van der Waals surface area contributed by atoms with Gasteiger partial charge in [-0.1, -0.05) is 0 Å². The van der Waals surface area contributed by atoms with Crippen molar-refractivity contribution in [1.29, 1.82) is 0 Å². The molecular weight excluding hydrogens is 378 g/mol. The summed E-state index contributed by atoms with van der Waals surface area (Å²) in [6, 6.07) is 3.67. The normalized spacial score (nSPS) is 12.5. The van der Waals surface area contributed by atoms with E-state index in [2.05, 4.69) is 5.10 Å². The minimum Gasteiger partial charge on any atom is -0.493 e. The Morgan fingerprint density at radius 1 is 1.07 bits per heavy atom. The third-order valence-electron chi connectivity index (χ3n) is 4.76. The van der Waals surface area contributed by atoms with Gasteiger partial charge in [-0.2, -0.15) is 9.40 Å². The summed E-state index contributed by atoms with van der Waals surface area (Å²) in [5.74, 6) is 1.19. The summed E-state index contributed by atoms with van der Waals surface area (Å²) in [7, 11) is 1.01. The zero-order valence-corrected chi connectivity index (χ0v) is 19.1. The lowest BCUT2D eigenvalue weighted by atomic mass is 10.1. The van der Waals surface area contributed by atoms with Crippen molar-refractivity contribution >= 4 is 10.0 Å². The number of aromatic nitrogens is 2. The van der Waals surface area contributed by atoms with Gasteiger partial charge >= 0.3 is 0 Å². The second-order valence-corrected chi connectivity index (χ2v) is 9.96. The minimum absolute atomic E-state index is 0.216. The molecule has 7 nitrogen and oxygen atoms in total. The molecule has 28 heavy (non-hydrogen) atoms. The van der Waals surface area contributed by atoms with Crippen molar-refractivity contribution in [2.75, 3.05) is 21.3 Å². The van der Waals surface area contributed by atoms with Gasteiger partial charge in [0.1, 0.15) is 4.90 Å². The Morgan fingerprint density at radius 2 is 1.61 bits per heavy atom. The van der Waals surface area contributed by atoms with E-state index in [4.69, 9.17) is 9.47 Å². The topological polar surface area (TPSA) is 73.7 Å². The first-order valence-electron chi connectivity index (χ1n) is 9.09. The van der Waals surface area contributed by atoms with E-state index in [1.54, 1.807) is 39.8 Å². The first-order chi connectivity index (χ1) is 12.8. The highest BCUT2D eigenvalue weighted by Crippen LogP contribution is 2.32. The van der Waals surface area contributed by atoms with Crippen LogP contribution < -0.4 is 9.47 Å². The molecule has 0 amide bonds. The van der Waals surface area contributed by atoms with Gasteiger partial charge in [0.05, 0.1) is 31.1 Å². The standard InChI is InChI=1S/C20H31N3O4S/c1-13-10-17(26-8)18(27-9)11-16(13)12-22(7)28(24,25)19-14(2)21-23(15(19)3)20(4,5)6/h10-11H,12H2,1-9H3. The molecule has 0 bridgehead atoms. The Hall–Kier alpha value is -2.06. The maximum Gasteiger partial charge on any atom is 0.246 e. The van der Waals surface area contributed by atoms with Crippen LogP contribution in [0, 0.1) is 20.8 Å². The van der Waals surface area contributed by atoms with Gasteiger partial charge in [0, 0.05) is 13.6 Å². The van der Waals surface area contributed by atoms with Gasteiger partial charge in [-0.05, 0) is 64.8 Å². The highest BCUT2D eigenvalue weighted by molar-refractivity contribution is 7.89. The number of hydrogen-bond acceptors (Lipinski definition) is 5. The zero-order valence-electron chi connectivity index (χ0n) is 18.2. The molecule has 0 radical (unpaired) electrons. The molecule has 1 heterocycles. The lowest BCUT2D eigenvalue weighted by molar-refractivity contribution is 0.345. The van der Waals surface area contributed by atoms with E-state index < -0.39 is 10.0 Å². The molecule has 0 unspecified atom stereocenters. The molecule has 0 N–H and O–H groups in total. The van der Waals surface area contributed by atoms with E-state index in [1.807, 2.05) is 39.8 Å². The number of aryl methyl sites for hydroxylation is 2. The van der Waals surface area contributed by atoms with Crippen molar-refractivity contribution in [2.45, 2.75) is 58.5 Å². The average Bonchev–Trinajstić information content (AvgIpc) is 2.91. The van der Waals surface area contributed by atoms with E-state index in [-0.39, 0.29) is 17.0 Å². The molecule has 1 aromatic carbocycles. The van der Waals surface area contributed by atoms with Gasteiger partial charge in [0.15, 0.2) is 11.5 Å². The van der Waals surface area contributed by atoms with Crippen molar-refractivity contribution in [3.63, 3.8) is 0 Å². The molecular formula is C20H31N3O4S. The quantitative estimate of drug-likeness (QED) is 0.731. The highest BCUT2D eigenvalue weighted by atomic mass is 32.2. The van der Waals surface area contributed by atoms with Gasteiger partial charge in [-0.25, -0.2) is 8.42 Å². The Balaban J connectivity index is 2.45. The lowest BCUT2D eigenvalue weighted by Gasteiger charge is -2.22. The fourth-order valence-corrected chi connectivity index (χ4v) is 4.82. The van der Waals surface area contributed by atoms with Crippen LogP contribution in [0.2, 0.25) is 0 Å². The SMILES string of the molecule is COc1cc(C)c(CN(C)S(=O)(=O)c2c(C)nn(C(C)(C)C)c2C)cc1OC. The number of rotatable bonds is 6. The van der Waals surface area contributed by atoms with Crippen molar-refractivity contribution in [3.8, 4) is 11.5 Å². The second kappa shape index (κ2) is 7.75. The predicted molar refractivity (Wildman–Crippen MR) is 110 cm³/mol. The molecule has 0 aliphatic heterocycles. The van der Waals surface area contributed by atoms with Crippen LogP contribution in [0.5, 0.6) is 11.5 Å². The molecule has 0 aliphatic carbocycles. The summed E-state index contributed by atoms with van der Waals surface area (Å²) in [4.78, 5) is 0.267. The van der Waals surface area contributed by atoms with Crippen molar-refractivity contribution in [3.05, 3.63) is 34.6 Å². The Bertz CT molecular complexity index is 972. The molecule has 2 aromatic rings. The smallest absolute Gasteiger partial charge is 0.246 e. The van der Waals surface area contributed by atoms with Crippen LogP contribution in [0.25, 0.3) is 0 Å². The van der Waals surface area contributed by atoms with Crippen LogP contribution in [0.1, 0.15) is 43.3 Å². The van der Waals surface area contributed by atoms with Gasteiger partial charge in [-0.3, -0.25) is 4.68 Å². The maximum absolute atomic E-state index is 13.3. The fraction of sp³-hybridized carbons (Fsp3) is 0.550. The first-order valence-corrected chi connectivity index (χ1v) is 10.5. The summed E-state index contributed by atoms with van der Waals surface area (Å²) in [5.41, 5.74) is 2.62. The highest BCUT2D eigenvalue weighted by Gasteiger charge is 2.31. The summed E-state index contributed by atoms with van der Waals surface area (Å²) in [6.07, 6.45) is 0. The largest absolute Gasteiger partial charge is 0.493 e. The summed E-state index contributed by atoms with van der Waals surface area (Å²) in [6.45, 7) is 11.7. The van der Waals surface area contributed by atoms with Crippen LogP contribution in [-0.4, -0.2) is 43.8 Å². The second-order valence-electron chi connectivity index (χ2n) is 7.98. The van der Waals surface area contributed by atoms with Crippen molar-refractivity contribution < 1.29 is 17.9 Å². The lowest BCUT2D eigenvalue weighted by Crippen LogP contribution is -2.28. The Morgan fingerprint density at radius 3 is 2.07 bits per heavy atom. The molecule has 0 spiro atoms. The van der Waals surface area contributed by atoms with E-state index >= 15 is 0 Å². The Kier molecular flexibility index (Phi) is 6.16. The van der Waals surface area contributed by atoms with Crippen LogP contribution in [0.3, 0.4) is 0 Å². The van der Waals surface area contributed by atoms with Crippen LogP contribution in [-0.2, 0) is 22.1 Å². The van der Waals surface area contributed by atoms with Crippen molar-refractivity contribution in [1.82, 2.24) is 14.1 Å². The monoisotopic (exact) mass is 409 g/mol. The number of ether oxygens (including phenoxy) is 2. The fourth-order valence-electron chi connectivity index (χ4n) is 3.33. The summed E-state index contributed by atoms with van der Waals surface area (Å²) < 4.78 is 40.4. The third kappa shape index (κ3) is 4.03. The van der Waals surface area contributed by atoms with Crippen molar-refractivity contribution in [2.24, 2.45) is 0 Å². The first kappa shape index (κ1) is 22.2. The van der Waals surface area contributed by atoms with Gasteiger partial charge in [-0.15, -0.1) is 0 Å². The Labute approximate surface area is 168 Å². The maximum atomic E-state index is 13.3. The zero-order chi connectivity index (χ0) is 21.4. The van der Waals surface area contributed by atoms with E-state index in [0.717, 1.165) is 11.1 Å². The predicted octanol–water partition coefficient (Wildman–Crippen LogP) is 3.40. The number of hydrogen-bond donors (Lipinski definition) is 0. The average molecular weight is 410 g/mol. The molecule has 156 valence electrons. The number of methoxy groups -OCH3 is 2. The number of sulfonamides is 1. The van der Waals surface area contributed by atoms with Gasteiger partial charge < -0.3 is 9.47 Å². The molecule has 2 rings (SSSR count). The number of nitrogens with zero attached hydrogens (tertiary/aromatic N) is 3. The van der Waals surface area contributed by atoms with Crippen LogP contribution >= 0.6 is 0 Å².